The van der Waals surface area contributed by atoms with Crippen molar-refractivity contribution < 1.29 is 19.1 Å². The monoisotopic (exact) mass is 431 g/mol. The summed E-state index contributed by atoms with van der Waals surface area (Å²) in [6, 6.07) is 10.3. The van der Waals surface area contributed by atoms with Crippen LogP contribution in [-0.4, -0.2) is 45.4 Å². The van der Waals surface area contributed by atoms with Crippen LogP contribution in [0.5, 0.6) is 11.6 Å². The first-order chi connectivity index (χ1) is 15.5. The molecule has 9 nitrogen and oxygen atoms in total. The number of carbonyl (C=O) groups excluding carboxylic acids is 2. The normalized spacial score (nSPS) is 10.7. The number of aromatic nitrogens is 4. The van der Waals surface area contributed by atoms with Crippen LogP contribution in [0.25, 0.3) is 10.9 Å². The fourth-order valence-corrected chi connectivity index (χ4v) is 3.53. The molecule has 0 bridgehead atoms. The Morgan fingerprint density at radius 2 is 1.78 bits per heavy atom. The number of pyridine rings is 1. The Kier molecular flexibility index (Phi) is 5.80. The van der Waals surface area contributed by atoms with E-state index >= 15 is 0 Å². The number of hydrogen-bond acceptors (Lipinski definition) is 7. The summed E-state index contributed by atoms with van der Waals surface area (Å²) in [5.74, 6) is 0.0775. The largest absolute Gasteiger partial charge is 0.497 e. The molecule has 1 aromatic carbocycles. The van der Waals surface area contributed by atoms with Crippen molar-refractivity contribution in [1.82, 2.24) is 19.5 Å². The first-order valence-corrected chi connectivity index (χ1v) is 9.80. The van der Waals surface area contributed by atoms with Crippen molar-refractivity contribution in [2.45, 2.75) is 13.5 Å². The molecule has 32 heavy (non-hydrogen) atoms. The predicted octanol–water partition coefficient (Wildman–Crippen LogP) is 3.02. The Balaban J connectivity index is 1.75. The van der Waals surface area contributed by atoms with E-state index in [0.717, 1.165) is 5.52 Å². The summed E-state index contributed by atoms with van der Waals surface area (Å²) in [6.45, 7) is 2.15. The molecular weight excluding hydrogens is 410 g/mol. The Bertz CT molecular complexity index is 1300. The molecule has 0 saturated carbocycles. The minimum atomic E-state index is -0.765. The summed E-state index contributed by atoms with van der Waals surface area (Å²) in [5.41, 5.74) is 2.12. The summed E-state index contributed by atoms with van der Waals surface area (Å²) in [4.78, 5) is 38.7. The van der Waals surface area contributed by atoms with Crippen LogP contribution in [0.15, 0.2) is 55.0 Å². The molecule has 0 saturated heterocycles. The van der Waals surface area contributed by atoms with Gasteiger partial charge in [0.2, 0.25) is 5.88 Å². The number of nitrogens with one attached hydrogen (secondary N) is 1. The van der Waals surface area contributed by atoms with Crippen LogP contribution in [0, 0.1) is 6.92 Å². The molecule has 9 heteroatoms. The maximum Gasteiger partial charge on any atom is 0.296 e. The van der Waals surface area contributed by atoms with Gasteiger partial charge in [0.25, 0.3) is 11.7 Å². The van der Waals surface area contributed by atoms with Crippen LogP contribution in [-0.2, 0) is 11.3 Å². The summed E-state index contributed by atoms with van der Waals surface area (Å²) < 4.78 is 12.3. The third-order valence-corrected chi connectivity index (χ3v) is 5.08. The van der Waals surface area contributed by atoms with Gasteiger partial charge in [0.1, 0.15) is 11.6 Å². The molecule has 3 heterocycles. The van der Waals surface area contributed by atoms with Gasteiger partial charge in [-0.25, -0.2) is 15.0 Å². The van der Waals surface area contributed by atoms with Crippen molar-refractivity contribution in [2.75, 3.05) is 19.5 Å². The molecule has 4 rings (SSSR count). The van der Waals surface area contributed by atoms with Gasteiger partial charge in [0, 0.05) is 46.9 Å². The minimum absolute atomic E-state index is 0.299. The predicted molar refractivity (Wildman–Crippen MR) is 118 cm³/mol. The Hall–Kier alpha value is -4.27. The van der Waals surface area contributed by atoms with Crippen LogP contribution in [0.3, 0.4) is 0 Å². The molecule has 4 aromatic rings. The highest BCUT2D eigenvalue weighted by atomic mass is 16.5. The van der Waals surface area contributed by atoms with E-state index in [2.05, 4.69) is 20.3 Å². The summed E-state index contributed by atoms with van der Waals surface area (Å²) in [5, 5.41) is 3.24. The number of carbonyl (C=O) groups is 2. The lowest BCUT2D eigenvalue weighted by Gasteiger charge is -2.08. The number of ketones is 1. The highest BCUT2D eigenvalue weighted by Crippen LogP contribution is 2.30. The summed E-state index contributed by atoms with van der Waals surface area (Å²) in [6.07, 6.45) is 4.81. The van der Waals surface area contributed by atoms with Crippen molar-refractivity contribution in [1.29, 1.82) is 0 Å². The molecular formula is C23H21N5O4. The molecule has 0 spiro atoms. The van der Waals surface area contributed by atoms with Crippen LogP contribution in [0.1, 0.15) is 21.9 Å². The first-order valence-electron chi connectivity index (χ1n) is 9.80. The second-order valence-corrected chi connectivity index (χ2v) is 6.96. The molecule has 162 valence electrons. The Labute approximate surface area is 184 Å². The zero-order valence-corrected chi connectivity index (χ0v) is 17.8. The molecule has 1 N–H and O–H groups in total. The van der Waals surface area contributed by atoms with Gasteiger partial charge in [0.15, 0.2) is 0 Å². The maximum atomic E-state index is 13.3. The van der Waals surface area contributed by atoms with Crippen molar-refractivity contribution in [3.8, 4) is 11.6 Å². The van der Waals surface area contributed by atoms with Gasteiger partial charge in [-0.1, -0.05) is 0 Å². The molecule has 0 fully saturated rings. The third kappa shape index (κ3) is 4.00. The molecule has 0 aliphatic carbocycles. The lowest BCUT2D eigenvalue weighted by molar-refractivity contribution is -0.112. The Morgan fingerprint density at radius 3 is 2.50 bits per heavy atom. The molecule has 0 unspecified atom stereocenters. The molecule has 0 atom stereocenters. The van der Waals surface area contributed by atoms with Gasteiger partial charge < -0.3 is 19.4 Å². The number of hydrogen-bond donors (Lipinski definition) is 1. The minimum Gasteiger partial charge on any atom is -0.497 e. The number of amides is 1. The van der Waals surface area contributed by atoms with Crippen molar-refractivity contribution in [3.05, 3.63) is 72.1 Å². The van der Waals surface area contributed by atoms with E-state index in [4.69, 9.17) is 9.47 Å². The van der Waals surface area contributed by atoms with E-state index in [9.17, 15) is 9.59 Å². The lowest BCUT2D eigenvalue weighted by Crippen LogP contribution is -2.23. The smallest absolute Gasteiger partial charge is 0.296 e. The van der Waals surface area contributed by atoms with E-state index in [1.54, 1.807) is 44.6 Å². The van der Waals surface area contributed by atoms with Gasteiger partial charge in [-0.2, -0.15) is 0 Å². The van der Waals surface area contributed by atoms with E-state index in [0.29, 0.717) is 46.3 Å². The number of benzene rings is 1. The fourth-order valence-electron chi connectivity index (χ4n) is 3.53. The van der Waals surface area contributed by atoms with Gasteiger partial charge >= 0.3 is 0 Å². The number of Topliss-reactive ketones (excluding diaryl/α,β-unsaturated/α-hetero) is 1. The zero-order valence-electron chi connectivity index (χ0n) is 17.8. The van der Waals surface area contributed by atoms with Gasteiger partial charge in [-0.05, 0) is 37.3 Å². The maximum absolute atomic E-state index is 13.3. The number of rotatable bonds is 7. The number of nitrogens with zero attached hydrogens (tertiary/aromatic N) is 4. The highest BCUT2D eigenvalue weighted by Gasteiger charge is 2.26. The van der Waals surface area contributed by atoms with Gasteiger partial charge in [-0.15, -0.1) is 0 Å². The van der Waals surface area contributed by atoms with Crippen molar-refractivity contribution >= 4 is 28.3 Å². The Morgan fingerprint density at radius 1 is 1.00 bits per heavy atom. The van der Waals surface area contributed by atoms with E-state index in [-0.39, 0.29) is 0 Å². The number of methoxy groups -OCH3 is 2. The van der Waals surface area contributed by atoms with Gasteiger partial charge in [-0.3, -0.25) is 9.59 Å². The molecule has 0 aliphatic heterocycles. The van der Waals surface area contributed by atoms with Gasteiger partial charge in [0.05, 0.1) is 26.3 Å². The number of anilines is 1. The molecule has 3 aromatic heterocycles. The van der Waals surface area contributed by atoms with Crippen LogP contribution in [0.2, 0.25) is 0 Å². The topological polar surface area (TPSA) is 108 Å². The number of ether oxygens (including phenoxy) is 2. The quantitative estimate of drug-likeness (QED) is 0.354. The van der Waals surface area contributed by atoms with Crippen molar-refractivity contribution in [2.24, 2.45) is 0 Å². The summed E-state index contributed by atoms with van der Waals surface area (Å²) in [7, 11) is 3.02. The lowest BCUT2D eigenvalue weighted by atomic mass is 10.1. The average molecular weight is 431 g/mol. The fraction of sp³-hybridized carbons (Fsp3) is 0.174. The standard InChI is InChI=1S/C23H21N5O4/c1-14-21(22(29)23(30)27-15-7-10-26-20(11-15)32-3)17-12-16(31-2)5-6-18(17)28(14)13-19-24-8-4-9-25-19/h4-12H,13H2,1-3H3,(H,26,27,30). The third-order valence-electron chi connectivity index (χ3n) is 5.08. The molecule has 0 radical (unpaired) electrons. The van der Waals surface area contributed by atoms with E-state index in [1.165, 1.54) is 19.4 Å². The second-order valence-electron chi connectivity index (χ2n) is 6.96. The SMILES string of the molecule is COc1ccc2c(c1)c(C(=O)C(=O)Nc1ccnc(OC)c1)c(C)n2Cc1ncccn1. The van der Waals surface area contributed by atoms with Crippen LogP contribution in [0.4, 0.5) is 5.69 Å². The highest BCUT2D eigenvalue weighted by molar-refractivity contribution is 6.48. The zero-order chi connectivity index (χ0) is 22.7. The van der Waals surface area contributed by atoms with E-state index < -0.39 is 11.7 Å². The van der Waals surface area contributed by atoms with Crippen molar-refractivity contribution in [3.63, 3.8) is 0 Å². The van der Waals surface area contributed by atoms with Crippen LogP contribution >= 0.6 is 0 Å². The number of fused-ring (bicyclic) bond motifs is 1. The van der Waals surface area contributed by atoms with Crippen LogP contribution < -0.4 is 14.8 Å². The van der Waals surface area contributed by atoms with E-state index in [1.807, 2.05) is 16.7 Å². The summed E-state index contributed by atoms with van der Waals surface area (Å²) >= 11 is 0. The first kappa shape index (κ1) is 21.0. The molecule has 0 aliphatic rings. The molecule has 1 amide bonds. The second kappa shape index (κ2) is 8.84. The average Bonchev–Trinajstić information content (AvgIpc) is 3.09.